The lowest BCUT2D eigenvalue weighted by Crippen LogP contribution is -2.47. The van der Waals surface area contributed by atoms with Crippen molar-refractivity contribution in [2.75, 3.05) is 37.7 Å². The van der Waals surface area contributed by atoms with Gasteiger partial charge in [0.2, 0.25) is 11.8 Å². The number of morpholine rings is 1. The number of hydrogen-bond donors (Lipinski definition) is 0. The van der Waals surface area contributed by atoms with E-state index in [0.717, 1.165) is 12.1 Å². The van der Waals surface area contributed by atoms with E-state index in [-0.39, 0.29) is 43.2 Å². The van der Waals surface area contributed by atoms with E-state index in [1.165, 1.54) is 12.5 Å². The summed E-state index contributed by atoms with van der Waals surface area (Å²) in [5.41, 5.74) is 2.53. The standard InChI is InChI=1S/C25H27ClN2O5/c1-17(29)21-14-19(26)6-7-23(21)33-16-20-15-27(12-13-32-20)24(30)8-9-25(31)28-11-10-18-4-2-3-5-22(18)28/h2-7,14,20H,8-13,15-16H2,1H3. The van der Waals surface area contributed by atoms with Crippen molar-refractivity contribution in [3.05, 3.63) is 58.6 Å². The Morgan fingerprint density at radius 3 is 2.70 bits per heavy atom. The molecule has 33 heavy (non-hydrogen) atoms. The van der Waals surface area contributed by atoms with E-state index >= 15 is 0 Å². The summed E-state index contributed by atoms with van der Waals surface area (Å²) in [7, 11) is 0. The summed E-state index contributed by atoms with van der Waals surface area (Å²) >= 11 is 5.98. The zero-order valence-electron chi connectivity index (χ0n) is 18.6. The van der Waals surface area contributed by atoms with E-state index in [0.29, 0.717) is 42.6 Å². The van der Waals surface area contributed by atoms with Crippen LogP contribution in [0.25, 0.3) is 0 Å². The minimum absolute atomic E-state index is 0.0269. The first-order valence-corrected chi connectivity index (χ1v) is 11.5. The van der Waals surface area contributed by atoms with Crippen molar-refractivity contribution in [2.45, 2.75) is 32.3 Å². The summed E-state index contributed by atoms with van der Waals surface area (Å²) in [4.78, 5) is 40.8. The Balaban J connectivity index is 1.28. The van der Waals surface area contributed by atoms with Gasteiger partial charge in [-0.05, 0) is 43.2 Å². The average molecular weight is 471 g/mol. The first kappa shape index (κ1) is 23.3. The molecular weight excluding hydrogens is 444 g/mol. The Morgan fingerprint density at radius 1 is 1.09 bits per heavy atom. The molecule has 0 bridgehead atoms. The lowest BCUT2D eigenvalue weighted by atomic mass is 10.1. The van der Waals surface area contributed by atoms with Crippen LogP contribution < -0.4 is 9.64 Å². The molecule has 1 fully saturated rings. The van der Waals surface area contributed by atoms with Crippen molar-refractivity contribution >= 4 is 34.9 Å². The predicted octanol–water partition coefficient (Wildman–Crippen LogP) is 3.52. The fourth-order valence-electron chi connectivity index (χ4n) is 4.24. The summed E-state index contributed by atoms with van der Waals surface area (Å²) in [5.74, 6) is 0.204. The number of carbonyl (C=O) groups is 3. The average Bonchev–Trinajstić information content (AvgIpc) is 3.26. The summed E-state index contributed by atoms with van der Waals surface area (Å²) in [5, 5.41) is 0.463. The van der Waals surface area contributed by atoms with Gasteiger partial charge in [-0.1, -0.05) is 29.8 Å². The van der Waals surface area contributed by atoms with E-state index in [4.69, 9.17) is 21.1 Å². The Bertz CT molecular complexity index is 1060. The monoisotopic (exact) mass is 470 g/mol. The first-order valence-electron chi connectivity index (χ1n) is 11.1. The van der Waals surface area contributed by atoms with Crippen LogP contribution in [0.15, 0.2) is 42.5 Å². The number of amides is 2. The molecule has 1 atom stereocenters. The summed E-state index contributed by atoms with van der Waals surface area (Å²) in [6.45, 7) is 3.58. The molecule has 2 aliphatic rings. The molecule has 1 unspecified atom stereocenters. The third-order valence-corrected chi connectivity index (χ3v) is 6.21. The second-order valence-corrected chi connectivity index (χ2v) is 8.70. The maximum atomic E-state index is 12.8. The quantitative estimate of drug-likeness (QED) is 0.579. The molecular formula is C25H27ClN2O5. The van der Waals surface area contributed by atoms with Gasteiger partial charge >= 0.3 is 0 Å². The largest absolute Gasteiger partial charge is 0.490 e. The Morgan fingerprint density at radius 2 is 1.88 bits per heavy atom. The zero-order valence-corrected chi connectivity index (χ0v) is 19.3. The highest BCUT2D eigenvalue weighted by Gasteiger charge is 2.28. The van der Waals surface area contributed by atoms with Gasteiger partial charge in [0, 0.05) is 36.6 Å². The van der Waals surface area contributed by atoms with Crippen LogP contribution in [0.1, 0.15) is 35.7 Å². The molecule has 0 saturated carbocycles. The first-order chi connectivity index (χ1) is 15.9. The normalized spacial score (nSPS) is 17.6. The molecule has 2 aliphatic heterocycles. The fraction of sp³-hybridized carbons (Fsp3) is 0.400. The molecule has 8 heteroatoms. The maximum Gasteiger partial charge on any atom is 0.227 e. The number of halogens is 1. The molecule has 1 saturated heterocycles. The van der Waals surface area contributed by atoms with Gasteiger partial charge in [0.05, 0.1) is 18.7 Å². The van der Waals surface area contributed by atoms with E-state index < -0.39 is 0 Å². The van der Waals surface area contributed by atoms with Crippen LogP contribution in [0.4, 0.5) is 5.69 Å². The van der Waals surface area contributed by atoms with Gasteiger partial charge < -0.3 is 19.3 Å². The van der Waals surface area contributed by atoms with Crippen LogP contribution in [0.3, 0.4) is 0 Å². The lowest BCUT2D eigenvalue weighted by molar-refractivity contribution is -0.141. The number of para-hydroxylation sites is 1. The van der Waals surface area contributed by atoms with Gasteiger partial charge in [-0.3, -0.25) is 14.4 Å². The van der Waals surface area contributed by atoms with E-state index in [9.17, 15) is 14.4 Å². The second kappa shape index (κ2) is 10.4. The molecule has 0 aromatic heterocycles. The molecule has 174 valence electrons. The molecule has 7 nitrogen and oxygen atoms in total. The number of carbonyl (C=O) groups excluding carboxylic acids is 3. The lowest BCUT2D eigenvalue weighted by Gasteiger charge is -2.33. The van der Waals surface area contributed by atoms with Crippen LogP contribution in [-0.2, 0) is 20.7 Å². The highest BCUT2D eigenvalue weighted by molar-refractivity contribution is 6.31. The minimum Gasteiger partial charge on any atom is -0.490 e. The molecule has 2 heterocycles. The van der Waals surface area contributed by atoms with E-state index in [1.807, 2.05) is 24.3 Å². The summed E-state index contributed by atoms with van der Waals surface area (Å²) < 4.78 is 11.6. The van der Waals surface area contributed by atoms with Gasteiger partial charge in [0.25, 0.3) is 0 Å². The third kappa shape index (κ3) is 5.54. The van der Waals surface area contributed by atoms with Gasteiger partial charge in [0.1, 0.15) is 18.5 Å². The van der Waals surface area contributed by atoms with E-state index in [2.05, 4.69) is 0 Å². The number of fused-ring (bicyclic) bond motifs is 1. The Kier molecular flexibility index (Phi) is 7.30. The number of Topliss-reactive ketones (excluding diaryl/α,β-unsaturated/α-hetero) is 1. The van der Waals surface area contributed by atoms with E-state index in [1.54, 1.807) is 28.0 Å². The van der Waals surface area contributed by atoms with Crippen molar-refractivity contribution in [3.63, 3.8) is 0 Å². The molecule has 0 aliphatic carbocycles. The third-order valence-electron chi connectivity index (χ3n) is 5.98. The molecule has 4 rings (SSSR count). The van der Waals surface area contributed by atoms with Crippen LogP contribution in [0.2, 0.25) is 5.02 Å². The van der Waals surface area contributed by atoms with Gasteiger partial charge in [-0.2, -0.15) is 0 Å². The highest BCUT2D eigenvalue weighted by atomic mass is 35.5. The topological polar surface area (TPSA) is 76.2 Å². The number of benzene rings is 2. The van der Waals surface area contributed by atoms with Crippen molar-refractivity contribution in [3.8, 4) is 5.75 Å². The molecule has 2 aromatic rings. The van der Waals surface area contributed by atoms with Gasteiger partial charge in [-0.15, -0.1) is 0 Å². The van der Waals surface area contributed by atoms with Crippen molar-refractivity contribution in [2.24, 2.45) is 0 Å². The number of ether oxygens (including phenoxy) is 2. The second-order valence-electron chi connectivity index (χ2n) is 8.26. The molecule has 2 aromatic carbocycles. The number of hydrogen-bond acceptors (Lipinski definition) is 5. The SMILES string of the molecule is CC(=O)c1cc(Cl)ccc1OCC1CN(C(=O)CCC(=O)N2CCc3ccccc32)CCO1. The molecule has 0 radical (unpaired) electrons. The number of rotatable bonds is 7. The van der Waals surface area contributed by atoms with Gasteiger partial charge in [0.15, 0.2) is 5.78 Å². The fourth-order valence-corrected chi connectivity index (χ4v) is 4.41. The van der Waals surface area contributed by atoms with Crippen LogP contribution >= 0.6 is 11.6 Å². The predicted molar refractivity (Wildman–Crippen MR) is 125 cm³/mol. The number of anilines is 1. The maximum absolute atomic E-state index is 12.8. The van der Waals surface area contributed by atoms with Gasteiger partial charge in [-0.25, -0.2) is 0 Å². The highest BCUT2D eigenvalue weighted by Crippen LogP contribution is 2.28. The molecule has 2 amide bonds. The minimum atomic E-state index is -0.320. The summed E-state index contributed by atoms with van der Waals surface area (Å²) in [6.07, 6.45) is 0.870. The molecule has 0 spiro atoms. The van der Waals surface area contributed by atoms with Crippen LogP contribution in [0, 0.1) is 0 Å². The molecule has 0 N–H and O–H groups in total. The Labute approximate surface area is 198 Å². The smallest absolute Gasteiger partial charge is 0.227 e. The number of nitrogens with zero attached hydrogens (tertiary/aromatic N) is 2. The Hall–Kier alpha value is -2.90. The van der Waals surface area contributed by atoms with Crippen LogP contribution in [-0.4, -0.2) is 61.4 Å². The number of ketones is 1. The van der Waals surface area contributed by atoms with Crippen LogP contribution in [0.5, 0.6) is 5.75 Å². The summed E-state index contributed by atoms with van der Waals surface area (Å²) in [6, 6.07) is 12.8. The zero-order chi connectivity index (χ0) is 23.4. The van der Waals surface area contributed by atoms with Crippen molar-refractivity contribution < 1.29 is 23.9 Å². The van der Waals surface area contributed by atoms with Crippen molar-refractivity contribution in [1.29, 1.82) is 0 Å². The van der Waals surface area contributed by atoms with Crippen molar-refractivity contribution in [1.82, 2.24) is 4.90 Å².